The lowest BCUT2D eigenvalue weighted by Crippen LogP contribution is -2.58. The van der Waals surface area contributed by atoms with E-state index in [1.807, 2.05) is 6.92 Å². The molecule has 1 aliphatic rings. The molecule has 12 heteroatoms. The summed E-state index contributed by atoms with van der Waals surface area (Å²) >= 11 is 0. The Morgan fingerprint density at radius 1 is 0.976 bits per heavy atom. The number of nitrogens with zero attached hydrogens (tertiary/aromatic N) is 1. The maximum atomic E-state index is 15.2. The number of carbonyl (C=O) groups is 1. The molecule has 3 atom stereocenters. The molecule has 0 bridgehead atoms. The third-order valence-electron chi connectivity index (χ3n) is 7.31. The molecule has 7 nitrogen and oxygen atoms in total. The minimum Gasteiger partial charge on any atom is -0.373 e. The number of carbonyl (C=O) groups excluding carboxylic acids is 1. The van der Waals surface area contributed by atoms with Crippen LogP contribution in [0.2, 0.25) is 0 Å². The second kappa shape index (κ2) is 13.7. The van der Waals surface area contributed by atoms with E-state index in [4.69, 9.17) is 0 Å². The van der Waals surface area contributed by atoms with Crippen molar-refractivity contribution in [3.8, 4) is 0 Å². The van der Waals surface area contributed by atoms with Gasteiger partial charge in [-0.15, -0.1) is 0 Å². The van der Waals surface area contributed by atoms with Crippen molar-refractivity contribution in [2.24, 2.45) is 0 Å². The first-order chi connectivity index (χ1) is 19.9. The number of benzene rings is 3. The van der Waals surface area contributed by atoms with Crippen molar-refractivity contribution in [3.05, 3.63) is 95.1 Å². The summed E-state index contributed by atoms with van der Waals surface area (Å²) in [5.74, 6) is -3.38. The predicted octanol–water partition coefficient (Wildman–Crippen LogP) is 4.85. The van der Waals surface area contributed by atoms with Gasteiger partial charge in [-0.05, 0) is 61.2 Å². The normalized spacial score (nSPS) is 18.4. The lowest BCUT2D eigenvalue weighted by atomic mass is 9.99. The van der Waals surface area contributed by atoms with Crippen LogP contribution in [0.5, 0.6) is 0 Å². The Hall–Kier alpha value is -3.48. The van der Waals surface area contributed by atoms with Gasteiger partial charge in [0.05, 0.1) is 6.26 Å². The molecule has 3 aromatic carbocycles. The molecule has 1 saturated heterocycles. The molecule has 0 radical (unpaired) electrons. The van der Waals surface area contributed by atoms with Gasteiger partial charge < -0.3 is 16.0 Å². The van der Waals surface area contributed by atoms with Crippen LogP contribution in [0.3, 0.4) is 0 Å². The van der Waals surface area contributed by atoms with Gasteiger partial charge in [-0.3, -0.25) is 4.79 Å². The molecule has 1 aliphatic heterocycles. The molecular weight excluding hydrogens is 572 g/mol. The first-order valence-electron chi connectivity index (χ1n) is 13.7. The quantitative estimate of drug-likeness (QED) is 0.272. The number of hydrogen-bond donors (Lipinski definition) is 3. The molecule has 0 unspecified atom stereocenters. The monoisotopic (exact) mass is 606 g/mol. The number of halogens is 4. The number of sulfonamides is 1. The molecule has 0 aromatic heterocycles. The smallest absolute Gasteiger partial charge is 0.247 e. The first kappa shape index (κ1) is 31.5. The molecule has 1 amide bonds. The Kier molecular flexibility index (Phi) is 10.2. The summed E-state index contributed by atoms with van der Waals surface area (Å²) in [6.45, 7) is 2.86. The highest BCUT2D eigenvalue weighted by atomic mass is 32.2. The van der Waals surface area contributed by atoms with Crippen molar-refractivity contribution in [2.75, 3.05) is 30.0 Å². The molecule has 4 rings (SSSR count). The lowest BCUT2D eigenvalue weighted by Gasteiger charge is -2.40. The second-order valence-electron chi connectivity index (χ2n) is 10.4. The number of rotatable bonds is 11. The molecule has 1 heterocycles. The molecular formula is C30H34F4N4O3S. The summed E-state index contributed by atoms with van der Waals surface area (Å²) in [5.41, 5.74) is 1.07. The van der Waals surface area contributed by atoms with Crippen LogP contribution in [0, 0.1) is 23.3 Å². The van der Waals surface area contributed by atoms with Crippen LogP contribution in [-0.2, 0) is 27.7 Å². The van der Waals surface area contributed by atoms with Gasteiger partial charge in [-0.1, -0.05) is 25.1 Å². The minimum absolute atomic E-state index is 0.0481. The third kappa shape index (κ3) is 8.08. The van der Waals surface area contributed by atoms with Crippen molar-refractivity contribution >= 4 is 27.3 Å². The number of nitrogens with one attached hydrogen (secondary N) is 3. The van der Waals surface area contributed by atoms with Gasteiger partial charge in [-0.25, -0.2) is 26.0 Å². The molecule has 3 N–H and O–H groups in total. The van der Waals surface area contributed by atoms with E-state index < -0.39 is 51.3 Å². The third-order valence-corrected chi connectivity index (χ3v) is 8.67. The van der Waals surface area contributed by atoms with Gasteiger partial charge in [0, 0.05) is 54.6 Å². The molecule has 0 saturated carbocycles. The van der Waals surface area contributed by atoms with Crippen LogP contribution < -0.4 is 16.0 Å². The highest BCUT2D eigenvalue weighted by molar-refractivity contribution is 7.88. The molecule has 226 valence electrons. The Morgan fingerprint density at radius 3 is 2.29 bits per heavy atom. The minimum atomic E-state index is -3.51. The molecule has 42 heavy (non-hydrogen) atoms. The Bertz CT molecular complexity index is 1480. The fourth-order valence-corrected chi connectivity index (χ4v) is 6.84. The summed E-state index contributed by atoms with van der Waals surface area (Å²) in [6.07, 6.45) is 2.34. The lowest BCUT2D eigenvalue weighted by molar-refractivity contribution is -0.116. The molecule has 0 aliphatic carbocycles. The van der Waals surface area contributed by atoms with E-state index in [2.05, 4.69) is 16.0 Å². The van der Waals surface area contributed by atoms with Gasteiger partial charge in [0.25, 0.3) is 0 Å². The van der Waals surface area contributed by atoms with Crippen LogP contribution in [0.15, 0.2) is 60.7 Å². The van der Waals surface area contributed by atoms with Gasteiger partial charge >= 0.3 is 0 Å². The van der Waals surface area contributed by atoms with Crippen LogP contribution in [0.4, 0.5) is 28.9 Å². The summed E-state index contributed by atoms with van der Waals surface area (Å²) in [4.78, 5) is 13.4. The number of piperazine rings is 1. The zero-order chi connectivity index (χ0) is 30.4. The van der Waals surface area contributed by atoms with E-state index in [9.17, 15) is 26.4 Å². The number of amides is 1. The largest absolute Gasteiger partial charge is 0.373 e. The van der Waals surface area contributed by atoms with Crippen LogP contribution >= 0.6 is 0 Å². The predicted molar refractivity (Wildman–Crippen MR) is 155 cm³/mol. The van der Waals surface area contributed by atoms with E-state index in [-0.39, 0.29) is 30.1 Å². The standard InChI is InChI=1S/C30H34F4N4O3S/c1-3-24-17-35-18-25(38(24)42(2,40)41)11-12-26-27(34)5-4-6-28(26)37-29(13-19-7-9-20(31)10-8-19)30(39)36-23-15-21(32)14-22(33)16-23/h4-10,14-16,24-25,29,35,37H,3,11-13,17-18H2,1-2H3,(H,36,39)/t24-,25-,29-/m0/s1. The van der Waals surface area contributed by atoms with Crippen molar-refractivity contribution in [1.82, 2.24) is 9.62 Å². The zero-order valence-corrected chi connectivity index (χ0v) is 24.2. The van der Waals surface area contributed by atoms with Gasteiger partial charge in [0.2, 0.25) is 15.9 Å². The van der Waals surface area contributed by atoms with Gasteiger partial charge in [-0.2, -0.15) is 4.31 Å². The average Bonchev–Trinajstić information content (AvgIpc) is 2.92. The second-order valence-corrected chi connectivity index (χ2v) is 12.3. The molecule has 0 spiro atoms. The molecule has 3 aromatic rings. The molecule has 1 fully saturated rings. The van der Waals surface area contributed by atoms with Crippen molar-refractivity contribution < 1.29 is 30.8 Å². The Labute approximate surface area is 243 Å². The van der Waals surface area contributed by atoms with Crippen molar-refractivity contribution in [3.63, 3.8) is 0 Å². The zero-order valence-electron chi connectivity index (χ0n) is 23.3. The van der Waals surface area contributed by atoms with E-state index in [0.29, 0.717) is 43.2 Å². The van der Waals surface area contributed by atoms with Crippen LogP contribution in [0.25, 0.3) is 0 Å². The Morgan fingerprint density at radius 2 is 1.64 bits per heavy atom. The fourth-order valence-electron chi connectivity index (χ4n) is 5.36. The maximum absolute atomic E-state index is 15.2. The van der Waals surface area contributed by atoms with E-state index in [0.717, 1.165) is 12.1 Å². The summed E-state index contributed by atoms with van der Waals surface area (Å²) < 4.78 is 83.0. The highest BCUT2D eigenvalue weighted by Crippen LogP contribution is 2.27. The summed E-state index contributed by atoms with van der Waals surface area (Å²) in [5, 5.41) is 8.83. The van der Waals surface area contributed by atoms with E-state index in [1.54, 1.807) is 6.07 Å². The van der Waals surface area contributed by atoms with E-state index in [1.165, 1.54) is 47.0 Å². The summed E-state index contributed by atoms with van der Waals surface area (Å²) in [6, 6.07) is 10.8. The number of hydrogen-bond acceptors (Lipinski definition) is 5. The maximum Gasteiger partial charge on any atom is 0.247 e. The average molecular weight is 607 g/mol. The van der Waals surface area contributed by atoms with Crippen molar-refractivity contribution in [2.45, 2.75) is 50.7 Å². The van der Waals surface area contributed by atoms with Gasteiger partial charge in [0.1, 0.15) is 29.3 Å². The fraction of sp³-hybridized carbons (Fsp3) is 0.367. The van der Waals surface area contributed by atoms with Gasteiger partial charge in [0.15, 0.2) is 0 Å². The SMILES string of the molecule is CC[C@H]1CNC[C@H](CCc2c(F)cccc2N[C@@H](Cc2ccc(F)cc2)C(=O)Nc2cc(F)cc(F)c2)N1S(C)(=O)=O. The number of anilines is 2. The first-order valence-corrected chi connectivity index (χ1v) is 15.5. The van der Waals surface area contributed by atoms with Crippen LogP contribution in [0.1, 0.15) is 30.9 Å². The highest BCUT2D eigenvalue weighted by Gasteiger charge is 2.36. The van der Waals surface area contributed by atoms with Crippen molar-refractivity contribution in [1.29, 1.82) is 0 Å². The Balaban J connectivity index is 1.60. The topological polar surface area (TPSA) is 90.5 Å². The van der Waals surface area contributed by atoms with Crippen LogP contribution in [-0.4, -0.2) is 56.1 Å². The van der Waals surface area contributed by atoms with E-state index >= 15 is 4.39 Å². The summed E-state index contributed by atoms with van der Waals surface area (Å²) in [7, 11) is -3.51.